The first-order valence-electron chi connectivity index (χ1n) is 9.30. The Morgan fingerprint density at radius 1 is 1.07 bits per heavy atom. The fraction of sp³-hybridized carbons (Fsp3) is 0.318. The lowest BCUT2D eigenvalue weighted by atomic mass is 10.1. The highest BCUT2D eigenvalue weighted by molar-refractivity contribution is 6.31. The Labute approximate surface area is 175 Å². The molecule has 0 unspecified atom stereocenters. The number of ether oxygens (including phenoxy) is 2. The highest BCUT2D eigenvalue weighted by Gasteiger charge is 2.14. The quantitative estimate of drug-likeness (QED) is 0.357. The van der Waals surface area contributed by atoms with E-state index in [1.54, 1.807) is 37.3 Å². The summed E-state index contributed by atoms with van der Waals surface area (Å²) in [4.78, 5) is 34.9. The van der Waals surface area contributed by atoms with E-state index in [4.69, 9.17) is 21.1 Å². The number of hydrogen-bond donors (Lipinski definition) is 1. The van der Waals surface area contributed by atoms with Crippen LogP contribution in [0.15, 0.2) is 48.5 Å². The topological polar surface area (TPSA) is 81.7 Å². The van der Waals surface area contributed by atoms with Crippen LogP contribution in [0, 0.1) is 0 Å². The van der Waals surface area contributed by atoms with Crippen LogP contribution in [0.4, 0.5) is 0 Å². The normalized spacial score (nSPS) is 11.4. The van der Waals surface area contributed by atoms with E-state index >= 15 is 0 Å². The van der Waals surface area contributed by atoms with Crippen molar-refractivity contribution in [2.75, 3.05) is 13.2 Å². The number of Topliss-reactive ketones (excluding diaryl/α,β-unsaturated/α-hetero) is 1. The Balaban J connectivity index is 1.63. The monoisotopic (exact) mass is 417 g/mol. The van der Waals surface area contributed by atoms with Gasteiger partial charge < -0.3 is 14.8 Å². The summed E-state index contributed by atoms with van der Waals surface area (Å²) in [6.45, 7) is 3.28. The van der Waals surface area contributed by atoms with Gasteiger partial charge in [0.05, 0.1) is 12.6 Å². The SMILES string of the molecule is CC(=O)c1ccc(OCCCC(=O)OCC(=O)N[C@H](C)c2ccccc2Cl)cc1. The number of esters is 1. The van der Waals surface area contributed by atoms with Gasteiger partial charge in [0, 0.05) is 17.0 Å². The van der Waals surface area contributed by atoms with Crippen LogP contribution in [-0.4, -0.2) is 30.9 Å². The predicted octanol–water partition coefficient (Wildman–Crippen LogP) is 4.12. The maximum Gasteiger partial charge on any atom is 0.306 e. The minimum atomic E-state index is -0.471. The van der Waals surface area contributed by atoms with Crippen LogP contribution >= 0.6 is 11.6 Å². The fourth-order valence-corrected chi connectivity index (χ4v) is 2.90. The number of amides is 1. The smallest absolute Gasteiger partial charge is 0.306 e. The highest BCUT2D eigenvalue weighted by Crippen LogP contribution is 2.21. The van der Waals surface area contributed by atoms with Crippen molar-refractivity contribution in [1.82, 2.24) is 5.32 Å². The molecule has 0 aromatic heterocycles. The van der Waals surface area contributed by atoms with Crippen molar-refractivity contribution in [1.29, 1.82) is 0 Å². The van der Waals surface area contributed by atoms with Crippen molar-refractivity contribution in [2.45, 2.75) is 32.7 Å². The van der Waals surface area contributed by atoms with E-state index in [-0.39, 0.29) is 24.9 Å². The predicted molar refractivity (Wildman–Crippen MR) is 110 cm³/mol. The van der Waals surface area contributed by atoms with Crippen LogP contribution in [0.5, 0.6) is 5.75 Å². The summed E-state index contributed by atoms with van der Waals surface area (Å²) in [5.74, 6) is -0.255. The number of hydrogen-bond acceptors (Lipinski definition) is 5. The van der Waals surface area contributed by atoms with E-state index in [2.05, 4.69) is 5.32 Å². The molecular weight excluding hydrogens is 394 g/mol. The van der Waals surface area contributed by atoms with Gasteiger partial charge in [0.2, 0.25) is 0 Å². The first kappa shape index (κ1) is 22.4. The molecule has 29 heavy (non-hydrogen) atoms. The van der Waals surface area contributed by atoms with Crippen LogP contribution in [0.25, 0.3) is 0 Å². The van der Waals surface area contributed by atoms with E-state index in [9.17, 15) is 14.4 Å². The number of carbonyl (C=O) groups excluding carboxylic acids is 3. The third kappa shape index (κ3) is 7.58. The Kier molecular flexibility index (Phi) is 8.68. The van der Waals surface area contributed by atoms with Crippen molar-refractivity contribution in [3.63, 3.8) is 0 Å². The van der Waals surface area contributed by atoms with Gasteiger partial charge in [-0.3, -0.25) is 14.4 Å². The molecule has 0 bridgehead atoms. The Bertz CT molecular complexity index is 851. The molecule has 1 N–H and O–H groups in total. The zero-order valence-corrected chi connectivity index (χ0v) is 17.2. The third-order valence-electron chi connectivity index (χ3n) is 4.17. The van der Waals surface area contributed by atoms with Crippen LogP contribution in [-0.2, 0) is 14.3 Å². The van der Waals surface area contributed by atoms with Crippen molar-refractivity contribution in [3.8, 4) is 5.75 Å². The molecule has 0 saturated heterocycles. The second-order valence-electron chi connectivity index (χ2n) is 6.50. The number of halogens is 1. The lowest BCUT2D eigenvalue weighted by Gasteiger charge is -2.15. The van der Waals surface area contributed by atoms with Gasteiger partial charge in [-0.25, -0.2) is 0 Å². The summed E-state index contributed by atoms with van der Waals surface area (Å²) in [5, 5.41) is 3.31. The first-order valence-corrected chi connectivity index (χ1v) is 9.68. The summed E-state index contributed by atoms with van der Waals surface area (Å²) in [7, 11) is 0. The molecule has 6 nitrogen and oxygen atoms in total. The van der Waals surface area contributed by atoms with Gasteiger partial charge in [-0.05, 0) is 56.2 Å². The minimum Gasteiger partial charge on any atom is -0.494 e. The molecule has 1 amide bonds. The molecule has 1 atom stereocenters. The maximum absolute atomic E-state index is 12.0. The minimum absolute atomic E-state index is 0.00964. The largest absolute Gasteiger partial charge is 0.494 e. The summed E-state index contributed by atoms with van der Waals surface area (Å²) < 4.78 is 10.5. The standard InChI is InChI=1S/C22H24ClNO5/c1-15(19-6-3-4-7-20(19)23)24-21(26)14-29-22(27)8-5-13-28-18-11-9-17(10-12-18)16(2)25/h3-4,6-7,9-12,15H,5,8,13-14H2,1-2H3,(H,24,26)/t15-/m1/s1. The second kappa shape index (κ2) is 11.2. The Hall–Kier alpha value is -2.86. The lowest BCUT2D eigenvalue weighted by Crippen LogP contribution is -2.31. The summed E-state index contributed by atoms with van der Waals surface area (Å²) in [5.41, 5.74) is 1.41. The average Bonchev–Trinajstić information content (AvgIpc) is 2.70. The zero-order chi connectivity index (χ0) is 21.2. The Morgan fingerprint density at radius 2 is 1.76 bits per heavy atom. The molecule has 0 fully saturated rings. The average molecular weight is 418 g/mol. The molecule has 2 aromatic rings. The van der Waals surface area contributed by atoms with Crippen LogP contribution in [0.3, 0.4) is 0 Å². The number of benzene rings is 2. The second-order valence-corrected chi connectivity index (χ2v) is 6.91. The molecule has 0 heterocycles. The van der Waals surface area contributed by atoms with E-state index < -0.39 is 11.9 Å². The van der Waals surface area contributed by atoms with E-state index in [1.807, 2.05) is 18.2 Å². The van der Waals surface area contributed by atoms with Crippen LogP contribution in [0.2, 0.25) is 5.02 Å². The molecule has 0 aliphatic rings. The molecule has 0 aliphatic heterocycles. The van der Waals surface area contributed by atoms with Gasteiger partial charge >= 0.3 is 5.97 Å². The molecule has 0 spiro atoms. The van der Waals surface area contributed by atoms with Gasteiger partial charge in [-0.15, -0.1) is 0 Å². The molecule has 2 aromatic carbocycles. The van der Waals surface area contributed by atoms with Crippen molar-refractivity contribution < 1.29 is 23.9 Å². The van der Waals surface area contributed by atoms with Gasteiger partial charge in [0.25, 0.3) is 5.91 Å². The number of carbonyl (C=O) groups is 3. The molecule has 0 radical (unpaired) electrons. The number of rotatable bonds is 10. The van der Waals surface area contributed by atoms with Gasteiger partial charge in [0.1, 0.15) is 5.75 Å². The van der Waals surface area contributed by atoms with Gasteiger partial charge in [-0.2, -0.15) is 0 Å². The summed E-state index contributed by atoms with van der Waals surface area (Å²) in [6, 6.07) is 13.7. The number of nitrogens with one attached hydrogen (secondary N) is 1. The van der Waals surface area contributed by atoms with Crippen molar-refractivity contribution >= 4 is 29.3 Å². The molecule has 0 saturated carbocycles. The summed E-state index contributed by atoms with van der Waals surface area (Å²) in [6.07, 6.45) is 0.587. The van der Waals surface area contributed by atoms with E-state index in [0.717, 1.165) is 5.56 Å². The molecule has 2 rings (SSSR count). The van der Waals surface area contributed by atoms with Gasteiger partial charge in [-0.1, -0.05) is 29.8 Å². The van der Waals surface area contributed by atoms with Crippen LogP contribution < -0.4 is 10.1 Å². The molecular formula is C22H24ClNO5. The lowest BCUT2D eigenvalue weighted by molar-refractivity contribution is -0.148. The molecule has 0 aliphatic carbocycles. The van der Waals surface area contributed by atoms with Crippen molar-refractivity contribution in [2.24, 2.45) is 0 Å². The maximum atomic E-state index is 12.0. The van der Waals surface area contributed by atoms with Crippen molar-refractivity contribution in [3.05, 3.63) is 64.7 Å². The highest BCUT2D eigenvalue weighted by atomic mass is 35.5. The third-order valence-corrected chi connectivity index (χ3v) is 4.51. The number of ketones is 1. The van der Waals surface area contributed by atoms with E-state index in [0.29, 0.717) is 29.4 Å². The summed E-state index contributed by atoms with van der Waals surface area (Å²) >= 11 is 6.10. The zero-order valence-electron chi connectivity index (χ0n) is 16.4. The fourth-order valence-electron chi connectivity index (χ4n) is 2.60. The van der Waals surface area contributed by atoms with E-state index in [1.165, 1.54) is 6.92 Å². The molecule has 154 valence electrons. The van der Waals surface area contributed by atoms with Crippen LogP contribution in [0.1, 0.15) is 48.7 Å². The van der Waals surface area contributed by atoms with Gasteiger partial charge in [0.15, 0.2) is 12.4 Å². The first-order chi connectivity index (χ1) is 13.9. The molecule has 7 heteroatoms. The Morgan fingerprint density at radius 3 is 2.41 bits per heavy atom.